The molecule has 1 heteroatoms. The lowest BCUT2D eigenvalue weighted by Gasteiger charge is -2.40. The quantitative estimate of drug-likeness (QED) is 0.707. The van der Waals surface area contributed by atoms with Crippen molar-refractivity contribution in [1.82, 2.24) is 5.32 Å². The number of rotatable bonds is 3. The van der Waals surface area contributed by atoms with Crippen molar-refractivity contribution < 1.29 is 0 Å². The summed E-state index contributed by atoms with van der Waals surface area (Å²) in [5, 5.41) is 3.41. The molecule has 0 aromatic rings. The number of hydrogen-bond donors (Lipinski definition) is 1. The molecule has 1 fully saturated rings. The molecule has 0 heterocycles. The van der Waals surface area contributed by atoms with Crippen LogP contribution >= 0.6 is 0 Å². The second kappa shape index (κ2) is 4.00. The summed E-state index contributed by atoms with van der Waals surface area (Å²) in [6, 6.07) is 0. The van der Waals surface area contributed by atoms with Crippen LogP contribution in [-0.4, -0.2) is 12.6 Å². The second-order valence-electron chi connectivity index (χ2n) is 5.68. The standard InChI is InChI=1S/C12H25N/c1-11(2,13-4)10-12(3)8-6-5-7-9-12/h13H,5-10H2,1-4H3. The van der Waals surface area contributed by atoms with Gasteiger partial charge in [-0.15, -0.1) is 0 Å². The Bertz CT molecular complexity index is 155. The molecule has 1 nitrogen and oxygen atoms in total. The highest BCUT2D eigenvalue weighted by Crippen LogP contribution is 2.41. The Balaban J connectivity index is 2.49. The van der Waals surface area contributed by atoms with Gasteiger partial charge < -0.3 is 5.32 Å². The summed E-state index contributed by atoms with van der Waals surface area (Å²) >= 11 is 0. The average molecular weight is 183 g/mol. The van der Waals surface area contributed by atoms with Crippen LogP contribution in [-0.2, 0) is 0 Å². The van der Waals surface area contributed by atoms with E-state index in [2.05, 4.69) is 33.1 Å². The monoisotopic (exact) mass is 183 g/mol. The molecular weight excluding hydrogens is 158 g/mol. The van der Waals surface area contributed by atoms with Crippen molar-refractivity contribution in [2.75, 3.05) is 7.05 Å². The molecule has 1 aliphatic rings. The fourth-order valence-corrected chi connectivity index (χ4v) is 2.74. The molecule has 1 saturated carbocycles. The molecule has 0 aliphatic heterocycles. The third-order valence-corrected chi connectivity index (χ3v) is 3.61. The van der Waals surface area contributed by atoms with E-state index >= 15 is 0 Å². The minimum absolute atomic E-state index is 0.312. The maximum absolute atomic E-state index is 3.41. The summed E-state index contributed by atoms with van der Waals surface area (Å²) in [5.74, 6) is 0. The molecule has 1 rings (SSSR count). The molecule has 1 N–H and O–H groups in total. The van der Waals surface area contributed by atoms with Crippen LogP contribution in [0.25, 0.3) is 0 Å². The van der Waals surface area contributed by atoms with Crippen molar-refractivity contribution in [1.29, 1.82) is 0 Å². The molecule has 0 amide bonds. The Kier molecular flexibility index (Phi) is 3.39. The van der Waals surface area contributed by atoms with Crippen LogP contribution in [0.5, 0.6) is 0 Å². The predicted octanol–water partition coefficient (Wildman–Crippen LogP) is 3.34. The average Bonchev–Trinajstić information content (AvgIpc) is 2.04. The fraction of sp³-hybridized carbons (Fsp3) is 1.00. The van der Waals surface area contributed by atoms with E-state index in [9.17, 15) is 0 Å². The molecule has 13 heavy (non-hydrogen) atoms. The van der Waals surface area contributed by atoms with E-state index in [0.29, 0.717) is 11.0 Å². The normalized spacial score (nSPS) is 23.1. The summed E-state index contributed by atoms with van der Waals surface area (Å²) in [6.07, 6.45) is 8.51. The maximum atomic E-state index is 3.41. The summed E-state index contributed by atoms with van der Waals surface area (Å²) in [6.45, 7) is 7.09. The van der Waals surface area contributed by atoms with Gasteiger partial charge in [0.05, 0.1) is 0 Å². The van der Waals surface area contributed by atoms with Crippen LogP contribution in [0, 0.1) is 5.41 Å². The minimum Gasteiger partial charge on any atom is -0.315 e. The first-order valence-electron chi connectivity index (χ1n) is 5.66. The van der Waals surface area contributed by atoms with Crippen LogP contribution in [0.1, 0.15) is 59.3 Å². The molecule has 78 valence electrons. The van der Waals surface area contributed by atoms with E-state index in [-0.39, 0.29) is 0 Å². The van der Waals surface area contributed by atoms with E-state index in [1.165, 1.54) is 38.5 Å². The molecule has 0 unspecified atom stereocenters. The topological polar surface area (TPSA) is 12.0 Å². The van der Waals surface area contributed by atoms with Gasteiger partial charge in [0.15, 0.2) is 0 Å². The highest BCUT2D eigenvalue weighted by atomic mass is 14.9. The van der Waals surface area contributed by atoms with Gasteiger partial charge in [0.2, 0.25) is 0 Å². The van der Waals surface area contributed by atoms with E-state index in [4.69, 9.17) is 0 Å². The molecule has 1 aliphatic carbocycles. The van der Waals surface area contributed by atoms with Crippen LogP contribution in [0.4, 0.5) is 0 Å². The molecule has 0 radical (unpaired) electrons. The van der Waals surface area contributed by atoms with Crippen molar-refractivity contribution in [2.24, 2.45) is 5.41 Å². The Labute approximate surface area is 83.3 Å². The third-order valence-electron chi connectivity index (χ3n) is 3.61. The zero-order chi connectivity index (χ0) is 9.95. The van der Waals surface area contributed by atoms with E-state index in [1.54, 1.807) is 0 Å². The van der Waals surface area contributed by atoms with Crippen LogP contribution in [0.3, 0.4) is 0 Å². The van der Waals surface area contributed by atoms with Crippen molar-refractivity contribution >= 4 is 0 Å². The molecule has 0 spiro atoms. The van der Waals surface area contributed by atoms with E-state index < -0.39 is 0 Å². The first kappa shape index (κ1) is 11.0. The van der Waals surface area contributed by atoms with Crippen LogP contribution in [0.2, 0.25) is 0 Å². The molecule has 0 atom stereocenters. The van der Waals surface area contributed by atoms with Gasteiger partial charge in [-0.05, 0) is 45.6 Å². The summed E-state index contributed by atoms with van der Waals surface area (Å²) < 4.78 is 0. The maximum Gasteiger partial charge on any atom is 0.0127 e. The Morgan fingerprint density at radius 2 is 1.69 bits per heavy atom. The third kappa shape index (κ3) is 3.30. The van der Waals surface area contributed by atoms with Gasteiger partial charge in [0.25, 0.3) is 0 Å². The van der Waals surface area contributed by atoms with Crippen molar-refractivity contribution in [3.05, 3.63) is 0 Å². The lowest BCUT2D eigenvalue weighted by Crippen LogP contribution is -2.41. The van der Waals surface area contributed by atoms with Crippen molar-refractivity contribution in [2.45, 2.75) is 64.8 Å². The summed E-state index contributed by atoms with van der Waals surface area (Å²) in [4.78, 5) is 0. The van der Waals surface area contributed by atoms with Gasteiger partial charge in [0, 0.05) is 5.54 Å². The van der Waals surface area contributed by atoms with Crippen LogP contribution in [0.15, 0.2) is 0 Å². The lowest BCUT2D eigenvalue weighted by molar-refractivity contribution is 0.148. The van der Waals surface area contributed by atoms with Gasteiger partial charge in [-0.1, -0.05) is 26.2 Å². The molecule has 0 saturated heterocycles. The smallest absolute Gasteiger partial charge is 0.0127 e. The highest BCUT2D eigenvalue weighted by molar-refractivity contribution is 4.88. The lowest BCUT2D eigenvalue weighted by atomic mass is 9.69. The van der Waals surface area contributed by atoms with Gasteiger partial charge in [-0.3, -0.25) is 0 Å². The fourth-order valence-electron chi connectivity index (χ4n) is 2.74. The van der Waals surface area contributed by atoms with E-state index in [1.807, 2.05) is 0 Å². The zero-order valence-electron chi connectivity index (χ0n) is 9.74. The van der Waals surface area contributed by atoms with Crippen molar-refractivity contribution in [3.63, 3.8) is 0 Å². The number of nitrogens with one attached hydrogen (secondary N) is 1. The Hall–Kier alpha value is -0.0400. The number of hydrogen-bond acceptors (Lipinski definition) is 1. The first-order chi connectivity index (χ1) is 5.97. The van der Waals surface area contributed by atoms with Crippen molar-refractivity contribution in [3.8, 4) is 0 Å². The minimum atomic E-state index is 0.312. The van der Waals surface area contributed by atoms with Gasteiger partial charge in [-0.2, -0.15) is 0 Å². The summed E-state index contributed by atoms with van der Waals surface area (Å²) in [5.41, 5.74) is 0.914. The summed E-state index contributed by atoms with van der Waals surface area (Å²) in [7, 11) is 2.08. The van der Waals surface area contributed by atoms with Crippen LogP contribution < -0.4 is 5.32 Å². The predicted molar refractivity (Wildman–Crippen MR) is 58.9 cm³/mol. The molecule has 0 aromatic heterocycles. The van der Waals surface area contributed by atoms with Gasteiger partial charge in [0.1, 0.15) is 0 Å². The van der Waals surface area contributed by atoms with E-state index in [0.717, 1.165) is 0 Å². The zero-order valence-corrected chi connectivity index (χ0v) is 9.74. The SMILES string of the molecule is CNC(C)(C)CC1(C)CCCCC1. The molecular formula is C12H25N. The first-order valence-corrected chi connectivity index (χ1v) is 5.66. The largest absolute Gasteiger partial charge is 0.315 e. The van der Waals surface area contributed by atoms with Gasteiger partial charge >= 0.3 is 0 Å². The Morgan fingerprint density at radius 3 is 2.15 bits per heavy atom. The molecule has 0 bridgehead atoms. The second-order valence-corrected chi connectivity index (χ2v) is 5.68. The Morgan fingerprint density at radius 1 is 1.15 bits per heavy atom. The highest BCUT2D eigenvalue weighted by Gasteiger charge is 2.32. The molecule has 0 aromatic carbocycles. The van der Waals surface area contributed by atoms with Gasteiger partial charge in [-0.25, -0.2) is 0 Å².